The highest BCUT2D eigenvalue weighted by molar-refractivity contribution is 4.92. The van der Waals surface area contributed by atoms with Crippen molar-refractivity contribution in [3.05, 3.63) is 0 Å². The molecule has 2 fully saturated rings. The second-order valence-corrected chi connectivity index (χ2v) is 11.0. The van der Waals surface area contributed by atoms with Gasteiger partial charge in [0.2, 0.25) is 0 Å². The fourth-order valence-electron chi connectivity index (χ4n) is 3.24. The van der Waals surface area contributed by atoms with E-state index in [-0.39, 0.29) is 22.2 Å². The Balaban J connectivity index is 1.77. The zero-order valence-corrected chi connectivity index (χ0v) is 19.7. The van der Waals surface area contributed by atoms with Crippen LogP contribution in [0, 0.1) is 11.3 Å². The standard InChI is InChI=1S/C23H44O5/c1-17(13-27-21(4,5)12-18-14-24-18)22(6,7)23(8,9)26-11-10-20(2,3)28-16-19-15-25-19/h17-19H,10-16H2,1-9H3. The minimum Gasteiger partial charge on any atom is -0.375 e. The van der Waals surface area contributed by atoms with Gasteiger partial charge in [-0.1, -0.05) is 20.8 Å². The molecule has 3 unspecified atom stereocenters. The second-order valence-electron chi connectivity index (χ2n) is 11.0. The summed E-state index contributed by atoms with van der Waals surface area (Å²) in [6.07, 6.45) is 2.50. The lowest BCUT2D eigenvalue weighted by Gasteiger charge is -2.46. The van der Waals surface area contributed by atoms with E-state index in [2.05, 4.69) is 62.3 Å². The summed E-state index contributed by atoms with van der Waals surface area (Å²) in [4.78, 5) is 0. The van der Waals surface area contributed by atoms with Crippen LogP contribution in [0.15, 0.2) is 0 Å². The maximum Gasteiger partial charge on any atom is 0.104 e. The molecule has 0 N–H and O–H groups in total. The first-order chi connectivity index (χ1) is 12.7. The van der Waals surface area contributed by atoms with Gasteiger partial charge in [-0.05, 0) is 59.3 Å². The van der Waals surface area contributed by atoms with Crippen LogP contribution in [0.5, 0.6) is 0 Å². The molecule has 0 radical (unpaired) electrons. The van der Waals surface area contributed by atoms with Crippen molar-refractivity contribution in [2.24, 2.45) is 11.3 Å². The van der Waals surface area contributed by atoms with Crippen LogP contribution in [0.4, 0.5) is 0 Å². The molecule has 0 aliphatic carbocycles. The summed E-state index contributed by atoms with van der Waals surface area (Å²) in [6, 6.07) is 0. The number of epoxide rings is 2. The SMILES string of the molecule is CC(COC(C)(C)CC1CO1)C(C)(C)C(C)(C)OCCC(C)(C)OCC1CO1. The quantitative estimate of drug-likeness (QED) is 0.399. The van der Waals surface area contributed by atoms with Crippen molar-refractivity contribution in [1.29, 1.82) is 0 Å². The number of rotatable bonds is 14. The normalized spacial score (nSPS) is 24.3. The molecule has 3 atom stereocenters. The Hall–Kier alpha value is -0.200. The molecule has 0 aromatic heterocycles. The Morgan fingerprint density at radius 1 is 0.821 bits per heavy atom. The maximum atomic E-state index is 6.39. The Kier molecular flexibility index (Phi) is 7.64. The molecule has 0 aromatic carbocycles. The van der Waals surface area contributed by atoms with Crippen LogP contribution in [0.2, 0.25) is 0 Å². The van der Waals surface area contributed by atoms with Gasteiger partial charge in [0.1, 0.15) is 6.10 Å². The van der Waals surface area contributed by atoms with Crippen molar-refractivity contribution in [1.82, 2.24) is 0 Å². The lowest BCUT2D eigenvalue weighted by Crippen LogP contribution is -2.48. The number of ether oxygens (including phenoxy) is 5. The van der Waals surface area contributed by atoms with E-state index in [1.165, 1.54) is 0 Å². The highest BCUT2D eigenvalue weighted by Gasteiger charge is 2.43. The van der Waals surface area contributed by atoms with E-state index < -0.39 is 0 Å². The van der Waals surface area contributed by atoms with Crippen LogP contribution in [-0.2, 0) is 23.7 Å². The lowest BCUT2D eigenvalue weighted by atomic mass is 9.68. The molecule has 2 aliphatic heterocycles. The summed E-state index contributed by atoms with van der Waals surface area (Å²) in [6.45, 7) is 23.6. The lowest BCUT2D eigenvalue weighted by molar-refractivity contribution is -0.151. The van der Waals surface area contributed by atoms with Crippen LogP contribution in [0.1, 0.15) is 75.2 Å². The zero-order valence-electron chi connectivity index (χ0n) is 19.7. The summed E-state index contributed by atoms with van der Waals surface area (Å²) < 4.78 is 29.2. The van der Waals surface area contributed by atoms with E-state index in [1.54, 1.807) is 0 Å². The third-order valence-electron chi connectivity index (χ3n) is 6.86. The van der Waals surface area contributed by atoms with Crippen molar-refractivity contribution in [3.63, 3.8) is 0 Å². The largest absolute Gasteiger partial charge is 0.375 e. The third-order valence-corrected chi connectivity index (χ3v) is 6.86. The summed E-state index contributed by atoms with van der Waals surface area (Å²) in [7, 11) is 0. The molecular formula is C23H44O5. The minimum atomic E-state index is -0.269. The fourth-order valence-corrected chi connectivity index (χ4v) is 3.24. The van der Waals surface area contributed by atoms with Crippen molar-refractivity contribution in [2.45, 2.75) is 104 Å². The van der Waals surface area contributed by atoms with Crippen LogP contribution in [0.25, 0.3) is 0 Å². The van der Waals surface area contributed by atoms with E-state index in [1.807, 2.05) is 0 Å². The van der Waals surface area contributed by atoms with Crippen molar-refractivity contribution >= 4 is 0 Å². The molecule has 0 amide bonds. The van der Waals surface area contributed by atoms with E-state index >= 15 is 0 Å². The molecule has 0 bridgehead atoms. The van der Waals surface area contributed by atoms with Gasteiger partial charge >= 0.3 is 0 Å². The predicted octanol–water partition coefficient (Wildman–Crippen LogP) is 4.61. The number of hydrogen-bond acceptors (Lipinski definition) is 5. The highest BCUT2D eigenvalue weighted by atomic mass is 16.6. The van der Waals surface area contributed by atoms with E-state index in [0.717, 1.165) is 32.7 Å². The van der Waals surface area contributed by atoms with Crippen molar-refractivity contribution in [3.8, 4) is 0 Å². The summed E-state index contributed by atoms with van der Waals surface area (Å²) >= 11 is 0. The molecule has 0 saturated carbocycles. The first kappa shape index (κ1) is 24.1. The van der Waals surface area contributed by atoms with Crippen molar-refractivity contribution < 1.29 is 23.7 Å². The predicted molar refractivity (Wildman–Crippen MR) is 112 cm³/mol. The Labute approximate surface area is 172 Å². The zero-order chi connectivity index (χ0) is 21.2. The van der Waals surface area contributed by atoms with Gasteiger partial charge in [-0.2, -0.15) is 0 Å². The third kappa shape index (κ3) is 7.56. The summed E-state index contributed by atoms with van der Waals surface area (Å²) in [5.41, 5.74) is -0.653. The average Bonchev–Trinajstić information content (AvgIpc) is 3.45. The molecule has 2 heterocycles. The molecule has 2 rings (SSSR count). The van der Waals surface area contributed by atoms with E-state index in [4.69, 9.17) is 23.7 Å². The molecule has 5 heteroatoms. The van der Waals surface area contributed by atoms with Gasteiger partial charge in [-0.25, -0.2) is 0 Å². The molecule has 28 heavy (non-hydrogen) atoms. The minimum absolute atomic E-state index is 0.0357. The monoisotopic (exact) mass is 400 g/mol. The van der Waals surface area contributed by atoms with E-state index in [0.29, 0.717) is 31.3 Å². The Bertz CT molecular complexity index is 489. The van der Waals surface area contributed by atoms with Gasteiger partial charge in [-0.15, -0.1) is 0 Å². The topological polar surface area (TPSA) is 52.8 Å². The van der Waals surface area contributed by atoms with Crippen molar-refractivity contribution in [2.75, 3.05) is 33.0 Å². The van der Waals surface area contributed by atoms with Crippen LogP contribution < -0.4 is 0 Å². The molecular weight excluding hydrogens is 356 g/mol. The molecule has 2 saturated heterocycles. The second kappa shape index (κ2) is 8.89. The first-order valence-electron chi connectivity index (χ1n) is 10.9. The maximum absolute atomic E-state index is 6.39. The number of hydrogen-bond donors (Lipinski definition) is 0. The highest BCUT2D eigenvalue weighted by Crippen LogP contribution is 2.41. The van der Waals surface area contributed by atoms with Gasteiger partial charge in [0, 0.05) is 6.42 Å². The van der Waals surface area contributed by atoms with Gasteiger partial charge in [0.25, 0.3) is 0 Å². The van der Waals surface area contributed by atoms with E-state index in [9.17, 15) is 0 Å². The average molecular weight is 401 g/mol. The van der Waals surface area contributed by atoms with Gasteiger partial charge in [-0.3, -0.25) is 0 Å². The first-order valence-corrected chi connectivity index (χ1v) is 10.9. The van der Waals surface area contributed by atoms with Crippen LogP contribution >= 0.6 is 0 Å². The summed E-state index contributed by atoms with van der Waals surface area (Å²) in [5.74, 6) is 0.359. The Morgan fingerprint density at radius 3 is 1.93 bits per heavy atom. The van der Waals surface area contributed by atoms with Crippen LogP contribution in [-0.4, -0.2) is 62.0 Å². The molecule has 5 nitrogen and oxygen atoms in total. The smallest absolute Gasteiger partial charge is 0.104 e. The summed E-state index contributed by atoms with van der Waals surface area (Å²) in [5, 5.41) is 0. The molecule has 2 aliphatic rings. The van der Waals surface area contributed by atoms with Gasteiger partial charge in [0.05, 0.1) is 55.9 Å². The Morgan fingerprint density at radius 2 is 1.39 bits per heavy atom. The molecule has 166 valence electrons. The van der Waals surface area contributed by atoms with Crippen LogP contribution in [0.3, 0.4) is 0 Å². The molecule has 0 spiro atoms. The van der Waals surface area contributed by atoms with Gasteiger partial charge < -0.3 is 23.7 Å². The van der Waals surface area contributed by atoms with Gasteiger partial charge in [0.15, 0.2) is 0 Å². The fraction of sp³-hybridized carbons (Fsp3) is 1.00. The molecule has 0 aromatic rings.